The normalized spacial score (nSPS) is 22.6. The second-order valence-corrected chi connectivity index (χ2v) is 3.33. The summed E-state index contributed by atoms with van der Waals surface area (Å²) in [5.74, 6) is -3.94. The fourth-order valence-electron chi connectivity index (χ4n) is 1.41. The Labute approximate surface area is 89.5 Å². The molecule has 0 aromatic rings. The van der Waals surface area contributed by atoms with Gasteiger partial charge in [0, 0.05) is 6.42 Å². The van der Waals surface area contributed by atoms with Gasteiger partial charge in [0.15, 0.2) is 6.61 Å². The summed E-state index contributed by atoms with van der Waals surface area (Å²) in [4.78, 5) is 22.2. The number of nitrogens with two attached hydrogens (primary N) is 1. The van der Waals surface area contributed by atoms with E-state index in [0.29, 0.717) is 4.90 Å². The molecule has 1 atom stereocenters. The van der Waals surface area contributed by atoms with E-state index in [-0.39, 0.29) is 0 Å². The summed E-state index contributed by atoms with van der Waals surface area (Å²) in [7, 11) is 0. The molecule has 0 saturated carbocycles. The van der Waals surface area contributed by atoms with Gasteiger partial charge < -0.3 is 15.4 Å². The minimum Gasteiger partial charge on any atom is -0.440 e. The molecule has 1 heterocycles. The fraction of sp³-hybridized carbons (Fsp3) is 0.625. The van der Waals surface area contributed by atoms with Crippen LogP contribution in [-0.4, -0.2) is 42.0 Å². The van der Waals surface area contributed by atoms with Crippen LogP contribution in [0.3, 0.4) is 0 Å². The zero-order valence-corrected chi connectivity index (χ0v) is 8.15. The topological polar surface area (TPSA) is 96.4 Å². The van der Waals surface area contributed by atoms with Gasteiger partial charge in [-0.1, -0.05) is 0 Å². The van der Waals surface area contributed by atoms with Crippen LogP contribution in [0.4, 0.5) is 13.6 Å². The van der Waals surface area contributed by atoms with Gasteiger partial charge >= 0.3 is 6.09 Å². The molecule has 1 rings (SSSR count). The highest BCUT2D eigenvalue weighted by atomic mass is 19.3. The molecule has 0 aliphatic carbocycles. The maximum atomic E-state index is 12.9. The van der Waals surface area contributed by atoms with E-state index in [9.17, 15) is 18.4 Å². The van der Waals surface area contributed by atoms with Crippen LogP contribution in [0, 0.1) is 11.3 Å². The van der Waals surface area contributed by atoms with Crippen molar-refractivity contribution in [3.8, 4) is 6.07 Å². The lowest BCUT2D eigenvalue weighted by atomic mass is 10.2. The summed E-state index contributed by atoms with van der Waals surface area (Å²) in [6, 6.07) is 0.396. The van der Waals surface area contributed by atoms with E-state index in [0.717, 1.165) is 0 Å². The van der Waals surface area contributed by atoms with Gasteiger partial charge in [0.25, 0.3) is 11.8 Å². The van der Waals surface area contributed by atoms with E-state index < -0.39 is 43.5 Å². The largest absolute Gasteiger partial charge is 0.440 e. The molecule has 2 N–H and O–H groups in total. The second-order valence-electron chi connectivity index (χ2n) is 3.33. The lowest BCUT2D eigenvalue weighted by Crippen LogP contribution is -2.39. The Morgan fingerprint density at radius 2 is 2.25 bits per heavy atom. The number of carbonyl (C=O) groups excluding carboxylic acids is 2. The smallest absolute Gasteiger partial charge is 0.405 e. The molecule has 8 heteroatoms. The summed E-state index contributed by atoms with van der Waals surface area (Å²) < 4.78 is 30.0. The van der Waals surface area contributed by atoms with Crippen molar-refractivity contribution in [3.63, 3.8) is 0 Å². The number of nitrogens with zero attached hydrogens (tertiary/aromatic N) is 2. The summed E-state index contributed by atoms with van der Waals surface area (Å²) in [6.07, 6.45) is -1.88. The summed E-state index contributed by atoms with van der Waals surface area (Å²) >= 11 is 0. The van der Waals surface area contributed by atoms with Crippen molar-refractivity contribution < 1.29 is 23.1 Å². The van der Waals surface area contributed by atoms with Gasteiger partial charge in [-0.3, -0.25) is 4.79 Å². The number of nitriles is 1. The molecule has 0 radical (unpaired) electrons. The number of carbonyl (C=O) groups is 2. The predicted octanol–water partition coefficient (Wildman–Crippen LogP) is -0.159. The van der Waals surface area contributed by atoms with Crippen LogP contribution >= 0.6 is 0 Å². The van der Waals surface area contributed by atoms with Crippen molar-refractivity contribution >= 4 is 12.0 Å². The van der Waals surface area contributed by atoms with E-state index in [1.165, 1.54) is 0 Å². The first kappa shape index (κ1) is 12.2. The van der Waals surface area contributed by atoms with Gasteiger partial charge in [-0.15, -0.1) is 0 Å². The lowest BCUT2D eigenvalue weighted by molar-refractivity contribution is -0.135. The van der Waals surface area contributed by atoms with Gasteiger partial charge in [0.2, 0.25) is 0 Å². The molecule has 88 valence electrons. The highest BCUT2D eigenvalue weighted by molar-refractivity contribution is 5.80. The van der Waals surface area contributed by atoms with Crippen molar-refractivity contribution in [1.82, 2.24) is 4.90 Å². The Hall–Kier alpha value is -1.91. The molecule has 6 nitrogen and oxygen atoms in total. The third-order valence-electron chi connectivity index (χ3n) is 2.08. The minimum absolute atomic E-state index is 0.683. The van der Waals surface area contributed by atoms with E-state index in [4.69, 9.17) is 5.26 Å². The highest BCUT2D eigenvalue weighted by Gasteiger charge is 2.47. The van der Waals surface area contributed by atoms with Crippen molar-refractivity contribution in [2.45, 2.75) is 18.4 Å². The number of hydrogen-bond acceptors (Lipinski definition) is 4. The van der Waals surface area contributed by atoms with E-state index in [1.54, 1.807) is 6.07 Å². The van der Waals surface area contributed by atoms with E-state index >= 15 is 0 Å². The molecular weight excluding hydrogens is 224 g/mol. The van der Waals surface area contributed by atoms with Crippen molar-refractivity contribution in [2.24, 2.45) is 5.73 Å². The first-order chi connectivity index (χ1) is 7.35. The Morgan fingerprint density at radius 3 is 2.75 bits per heavy atom. The number of halogens is 2. The average molecular weight is 233 g/mol. The third kappa shape index (κ3) is 2.79. The van der Waals surface area contributed by atoms with Crippen LogP contribution in [0.15, 0.2) is 0 Å². The first-order valence-electron chi connectivity index (χ1n) is 4.35. The zero-order chi connectivity index (χ0) is 12.3. The fourth-order valence-corrected chi connectivity index (χ4v) is 1.41. The number of primary amides is 1. The molecule has 16 heavy (non-hydrogen) atoms. The Balaban J connectivity index is 2.62. The van der Waals surface area contributed by atoms with Crippen LogP contribution in [0.25, 0.3) is 0 Å². The van der Waals surface area contributed by atoms with Crippen molar-refractivity contribution in [3.05, 3.63) is 0 Å². The molecule has 0 aromatic carbocycles. The standard InChI is InChI=1S/C8H9F2N3O3/c9-8(10)1-5(2-11)13(4-8)6(14)3-16-7(12)15/h5H,1,3-4H2,(H2,12,15). The Bertz CT molecular complexity index is 353. The molecule has 0 bridgehead atoms. The summed E-state index contributed by atoms with van der Waals surface area (Å²) in [6.45, 7) is -1.57. The zero-order valence-electron chi connectivity index (χ0n) is 8.15. The quantitative estimate of drug-likeness (QED) is 0.716. The van der Waals surface area contributed by atoms with Gasteiger partial charge in [-0.25, -0.2) is 13.6 Å². The molecule has 1 saturated heterocycles. The van der Waals surface area contributed by atoms with Crippen molar-refractivity contribution in [2.75, 3.05) is 13.2 Å². The summed E-state index contributed by atoms with van der Waals surface area (Å²) in [5.41, 5.74) is 4.61. The molecule has 2 amide bonds. The monoisotopic (exact) mass is 233 g/mol. The number of rotatable bonds is 2. The van der Waals surface area contributed by atoms with Crippen LogP contribution < -0.4 is 5.73 Å². The molecular formula is C8H9F2N3O3. The number of hydrogen-bond donors (Lipinski definition) is 1. The number of alkyl halides is 2. The first-order valence-corrected chi connectivity index (χ1v) is 4.35. The number of ether oxygens (including phenoxy) is 1. The molecule has 1 fully saturated rings. The van der Waals surface area contributed by atoms with Crippen molar-refractivity contribution in [1.29, 1.82) is 5.26 Å². The summed E-state index contributed by atoms with van der Waals surface area (Å²) in [5, 5.41) is 8.59. The van der Waals surface area contributed by atoms with Gasteiger partial charge in [0.05, 0.1) is 12.6 Å². The Kier molecular flexibility index (Phi) is 3.27. The van der Waals surface area contributed by atoms with Gasteiger partial charge in [0.1, 0.15) is 6.04 Å². The Morgan fingerprint density at radius 1 is 1.62 bits per heavy atom. The van der Waals surface area contributed by atoms with Gasteiger partial charge in [-0.2, -0.15) is 5.26 Å². The molecule has 1 unspecified atom stereocenters. The maximum Gasteiger partial charge on any atom is 0.405 e. The van der Waals surface area contributed by atoms with Crippen LogP contribution in [0.2, 0.25) is 0 Å². The molecule has 1 aliphatic heterocycles. The maximum absolute atomic E-state index is 12.9. The molecule has 0 spiro atoms. The van der Waals surface area contributed by atoms with Crippen LogP contribution in [0.5, 0.6) is 0 Å². The predicted molar refractivity (Wildman–Crippen MR) is 46.2 cm³/mol. The van der Waals surface area contributed by atoms with E-state index in [2.05, 4.69) is 10.5 Å². The minimum atomic E-state index is -3.08. The highest BCUT2D eigenvalue weighted by Crippen LogP contribution is 2.31. The molecule has 1 aliphatic rings. The van der Waals surface area contributed by atoms with Gasteiger partial charge in [-0.05, 0) is 0 Å². The second kappa shape index (κ2) is 4.30. The van der Waals surface area contributed by atoms with Crippen LogP contribution in [-0.2, 0) is 9.53 Å². The molecule has 0 aromatic heterocycles. The van der Waals surface area contributed by atoms with Crippen LogP contribution in [0.1, 0.15) is 6.42 Å². The lowest BCUT2D eigenvalue weighted by Gasteiger charge is -2.18. The number of amides is 2. The van der Waals surface area contributed by atoms with E-state index in [1.807, 2.05) is 0 Å². The SMILES string of the molecule is N#CC1CC(F)(F)CN1C(=O)COC(N)=O. The average Bonchev–Trinajstić information content (AvgIpc) is 2.50. The third-order valence-corrected chi connectivity index (χ3v) is 2.08. The number of likely N-dealkylation sites (tertiary alicyclic amines) is 1.